The average Bonchev–Trinajstić information content (AvgIpc) is 2.46. The lowest BCUT2D eigenvalue weighted by atomic mass is 10.3. The van der Waals surface area contributed by atoms with Gasteiger partial charge in [0.1, 0.15) is 5.52 Å². The van der Waals surface area contributed by atoms with Gasteiger partial charge in [-0.05, 0) is 12.1 Å². The Bertz CT molecular complexity index is 433. The second kappa shape index (κ2) is 2.65. The topological polar surface area (TPSA) is 55.3 Å². The standard InChI is InChI=1S/C9H11N3O/c1-12(2)9-11-7-4-3-6(10)5-8(7)13-9/h3-5H,10H2,1-2H3. The summed E-state index contributed by atoms with van der Waals surface area (Å²) in [4.78, 5) is 6.07. The van der Waals surface area contributed by atoms with E-state index >= 15 is 0 Å². The van der Waals surface area contributed by atoms with E-state index in [0.29, 0.717) is 11.7 Å². The third-order valence-corrected chi connectivity index (χ3v) is 1.78. The third kappa shape index (κ3) is 1.30. The van der Waals surface area contributed by atoms with Crippen molar-refractivity contribution in [2.45, 2.75) is 0 Å². The van der Waals surface area contributed by atoms with Crippen LogP contribution in [0, 0.1) is 0 Å². The fourth-order valence-corrected chi connectivity index (χ4v) is 1.12. The highest BCUT2D eigenvalue weighted by Crippen LogP contribution is 2.22. The van der Waals surface area contributed by atoms with Crippen molar-refractivity contribution < 1.29 is 4.42 Å². The first kappa shape index (κ1) is 7.91. The van der Waals surface area contributed by atoms with Crippen LogP contribution >= 0.6 is 0 Å². The molecule has 68 valence electrons. The van der Waals surface area contributed by atoms with Crippen molar-refractivity contribution in [2.24, 2.45) is 0 Å². The molecule has 0 amide bonds. The summed E-state index contributed by atoms with van der Waals surface area (Å²) >= 11 is 0. The number of nitrogens with zero attached hydrogens (tertiary/aromatic N) is 2. The molecule has 4 heteroatoms. The van der Waals surface area contributed by atoms with Gasteiger partial charge in [-0.3, -0.25) is 0 Å². The lowest BCUT2D eigenvalue weighted by Gasteiger charge is -2.03. The Hall–Kier alpha value is -1.71. The smallest absolute Gasteiger partial charge is 0.297 e. The van der Waals surface area contributed by atoms with E-state index in [1.807, 2.05) is 31.1 Å². The van der Waals surface area contributed by atoms with Gasteiger partial charge in [0.15, 0.2) is 5.58 Å². The van der Waals surface area contributed by atoms with Crippen LogP contribution in [0.15, 0.2) is 22.6 Å². The Morgan fingerprint density at radius 1 is 1.38 bits per heavy atom. The van der Waals surface area contributed by atoms with Crippen LogP contribution in [-0.2, 0) is 0 Å². The van der Waals surface area contributed by atoms with Crippen LogP contribution in [-0.4, -0.2) is 19.1 Å². The molecule has 0 fully saturated rings. The van der Waals surface area contributed by atoms with Gasteiger partial charge in [0.2, 0.25) is 0 Å². The largest absolute Gasteiger partial charge is 0.423 e. The Morgan fingerprint density at radius 2 is 2.15 bits per heavy atom. The summed E-state index contributed by atoms with van der Waals surface area (Å²) in [6, 6.07) is 6.03. The highest BCUT2D eigenvalue weighted by atomic mass is 16.4. The van der Waals surface area contributed by atoms with Crippen molar-refractivity contribution in [2.75, 3.05) is 24.7 Å². The number of hydrogen-bond donors (Lipinski definition) is 1. The first-order valence-electron chi connectivity index (χ1n) is 4.00. The molecule has 0 atom stereocenters. The molecule has 0 aliphatic heterocycles. The molecular formula is C9H11N3O. The van der Waals surface area contributed by atoms with Gasteiger partial charge in [0.05, 0.1) is 0 Å². The number of rotatable bonds is 1. The molecule has 0 aliphatic carbocycles. The third-order valence-electron chi connectivity index (χ3n) is 1.78. The number of oxazole rings is 1. The predicted octanol–water partition coefficient (Wildman–Crippen LogP) is 1.48. The zero-order chi connectivity index (χ0) is 9.42. The summed E-state index contributed by atoms with van der Waals surface area (Å²) in [5.74, 6) is 0. The molecule has 1 aromatic carbocycles. The van der Waals surface area contributed by atoms with Gasteiger partial charge in [-0.1, -0.05) is 0 Å². The van der Waals surface area contributed by atoms with Crippen LogP contribution < -0.4 is 10.6 Å². The molecule has 1 aromatic heterocycles. The second-order valence-electron chi connectivity index (χ2n) is 3.12. The van der Waals surface area contributed by atoms with E-state index in [1.54, 1.807) is 6.07 Å². The van der Waals surface area contributed by atoms with Crippen molar-refractivity contribution >= 4 is 22.8 Å². The zero-order valence-corrected chi connectivity index (χ0v) is 7.61. The molecule has 0 aliphatic rings. The van der Waals surface area contributed by atoms with Crippen molar-refractivity contribution in [3.05, 3.63) is 18.2 Å². The normalized spacial score (nSPS) is 10.6. The van der Waals surface area contributed by atoms with Crippen LogP contribution in [0.25, 0.3) is 11.1 Å². The van der Waals surface area contributed by atoms with E-state index in [-0.39, 0.29) is 0 Å². The predicted molar refractivity (Wildman–Crippen MR) is 52.7 cm³/mol. The molecule has 0 radical (unpaired) electrons. The first-order chi connectivity index (χ1) is 6.16. The van der Waals surface area contributed by atoms with E-state index in [0.717, 1.165) is 11.1 Å². The van der Waals surface area contributed by atoms with Crippen LogP contribution in [0.3, 0.4) is 0 Å². The minimum atomic E-state index is 0.598. The highest BCUT2D eigenvalue weighted by Gasteiger charge is 2.06. The molecule has 2 aromatic rings. The average molecular weight is 177 g/mol. The number of fused-ring (bicyclic) bond motifs is 1. The van der Waals surface area contributed by atoms with Gasteiger partial charge in [0, 0.05) is 25.8 Å². The quantitative estimate of drug-likeness (QED) is 0.670. The number of benzene rings is 1. The molecule has 0 bridgehead atoms. The summed E-state index contributed by atoms with van der Waals surface area (Å²) < 4.78 is 5.45. The van der Waals surface area contributed by atoms with Gasteiger partial charge in [-0.15, -0.1) is 0 Å². The van der Waals surface area contributed by atoms with Gasteiger partial charge >= 0.3 is 0 Å². The monoisotopic (exact) mass is 177 g/mol. The van der Waals surface area contributed by atoms with Gasteiger partial charge in [-0.2, -0.15) is 4.98 Å². The Balaban J connectivity index is 2.62. The van der Waals surface area contributed by atoms with E-state index in [9.17, 15) is 0 Å². The number of nitrogen functional groups attached to an aromatic ring is 1. The molecular weight excluding hydrogens is 166 g/mol. The maximum atomic E-state index is 5.61. The summed E-state index contributed by atoms with van der Waals surface area (Å²) in [5, 5.41) is 0. The van der Waals surface area contributed by atoms with Crippen LogP contribution in [0.2, 0.25) is 0 Å². The van der Waals surface area contributed by atoms with Gasteiger partial charge in [0.25, 0.3) is 6.01 Å². The van der Waals surface area contributed by atoms with Crippen LogP contribution in [0.4, 0.5) is 11.7 Å². The first-order valence-corrected chi connectivity index (χ1v) is 4.00. The number of anilines is 2. The van der Waals surface area contributed by atoms with Crippen molar-refractivity contribution in [1.29, 1.82) is 0 Å². The Labute approximate surface area is 76.0 Å². The fourth-order valence-electron chi connectivity index (χ4n) is 1.12. The highest BCUT2D eigenvalue weighted by molar-refractivity contribution is 5.78. The summed E-state index contributed by atoms with van der Waals surface area (Å²) in [6.45, 7) is 0. The van der Waals surface area contributed by atoms with E-state index < -0.39 is 0 Å². The minimum Gasteiger partial charge on any atom is -0.423 e. The van der Waals surface area contributed by atoms with Gasteiger partial charge < -0.3 is 15.1 Å². The molecule has 2 rings (SSSR count). The zero-order valence-electron chi connectivity index (χ0n) is 7.61. The SMILES string of the molecule is CN(C)c1nc2ccc(N)cc2o1. The Kier molecular flexibility index (Phi) is 1.62. The van der Waals surface area contributed by atoms with Crippen molar-refractivity contribution in [3.63, 3.8) is 0 Å². The van der Waals surface area contributed by atoms with Crippen LogP contribution in [0.1, 0.15) is 0 Å². The number of aromatic nitrogens is 1. The molecule has 2 N–H and O–H groups in total. The fraction of sp³-hybridized carbons (Fsp3) is 0.222. The maximum Gasteiger partial charge on any atom is 0.297 e. The minimum absolute atomic E-state index is 0.598. The molecule has 0 spiro atoms. The van der Waals surface area contributed by atoms with E-state index in [4.69, 9.17) is 10.2 Å². The van der Waals surface area contributed by atoms with Gasteiger partial charge in [-0.25, -0.2) is 0 Å². The Morgan fingerprint density at radius 3 is 2.85 bits per heavy atom. The molecule has 1 heterocycles. The molecule has 0 unspecified atom stereocenters. The second-order valence-corrected chi connectivity index (χ2v) is 3.12. The molecule has 0 saturated heterocycles. The lowest BCUT2D eigenvalue weighted by molar-refractivity contribution is 0.597. The summed E-state index contributed by atoms with van der Waals surface area (Å²) in [6.07, 6.45) is 0. The summed E-state index contributed by atoms with van der Waals surface area (Å²) in [7, 11) is 3.77. The molecule has 0 saturated carbocycles. The van der Waals surface area contributed by atoms with Crippen molar-refractivity contribution in [3.8, 4) is 0 Å². The number of hydrogen-bond acceptors (Lipinski definition) is 4. The maximum absolute atomic E-state index is 5.61. The van der Waals surface area contributed by atoms with E-state index in [2.05, 4.69) is 4.98 Å². The van der Waals surface area contributed by atoms with Crippen LogP contribution in [0.5, 0.6) is 0 Å². The molecule has 4 nitrogen and oxygen atoms in total. The lowest BCUT2D eigenvalue weighted by Crippen LogP contribution is -2.08. The van der Waals surface area contributed by atoms with E-state index in [1.165, 1.54) is 0 Å². The number of nitrogens with two attached hydrogens (primary N) is 1. The molecule has 13 heavy (non-hydrogen) atoms. The van der Waals surface area contributed by atoms with Crippen molar-refractivity contribution in [1.82, 2.24) is 4.98 Å². The summed E-state index contributed by atoms with van der Waals surface area (Å²) in [5.41, 5.74) is 7.85.